The van der Waals surface area contributed by atoms with Crippen molar-refractivity contribution in [2.24, 2.45) is 0 Å². The molecule has 2 aromatic carbocycles. The summed E-state index contributed by atoms with van der Waals surface area (Å²) in [7, 11) is 0. The van der Waals surface area contributed by atoms with Gasteiger partial charge in [-0.25, -0.2) is 0 Å². The lowest BCUT2D eigenvalue weighted by atomic mass is 10.0. The van der Waals surface area contributed by atoms with Crippen LogP contribution in [0.2, 0.25) is 0 Å². The molecule has 0 radical (unpaired) electrons. The van der Waals surface area contributed by atoms with Crippen molar-refractivity contribution in [3.63, 3.8) is 0 Å². The van der Waals surface area contributed by atoms with Crippen molar-refractivity contribution in [2.75, 3.05) is 10.6 Å². The van der Waals surface area contributed by atoms with E-state index in [1.807, 2.05) is 45.0 Å². The molecule has 4 N–H and O–H groups in total. The van der Waals surface area contributed by atoms with Crippen molar-refractivity contribution in [2.45, 2.75) is 46.0 Å². The fourth-order valence-corrected chi connectivity index (χ4v) is 3.68. The molecule has 0 fully saturated rings. The first-order chi connectivity index (χ1) is 13.4. The minimum atomic E-state index is -0.810. The lowest BCUT2D eigenvalue weighted by Crippen LogP contribution is -2.37. The van der Waals surface area contributed by atoms with Crippen LogP contribution in [0.4, 0.5) is 17.1 Å². The molecule has 0 bridgehead atoms. The summed E-state index contributed by atoms with van der Waals surface area (Å²) in [4.78, 5) is 24.5. The molecule has 1 aromatic heterocycles. The smallest absolute Gasteiger partial charge is 0.253 e. The highest BCUT2D eigenvalue weighted by atomic mass is 16.3. The van der Waals surface area contributed by atoms with Crippen LogP contribution in [0.25, 0.3) is 0 Å². The van der Waals surface area contributed by atoms with Crippen LogP contribution in [0, 0.1) is 13.8 Å². The summed E-state index contributed by atoms with van der Waals surface area (Å²) in [5.74, 6) is 1.51. The first-order valence-corrected chi connectivity index (χ1v) is 9.37. The Morgan fingerprint density at radius 3 is 2.57 bits per heavy atom. The standard InChI is InChI=1S/C21H23N3O4/c1-4-13(14-8-6-11(3)28-14)23-17-18(20(26)19(17)25)24-16-10(2)5-7-12-9-22-21(27)15(12)16/h5-8,13,21-24,27H,4,9H2,1-3H3/t13-,21?/m1/s1. The van der Waals surface area contributed by atoms with Gasteiger partial charge >= 0.3 is 0 Å². The minimum absolute atomic E-state index is 0.215. The third-order valence-electron chi connectivity index (χ3n) is 5.30. The SMILES string of the molecule is CC[C@@H](Nc1c(Nc2c(C)ccc3c2C(O)NC3)c(=O)c1=O)c1ccc(C)o1. The molecule has 2 heterocycles. The van der Waals surface area contributed by atoms with Crippen LogP contribution >= 0.6 is 0 Å². The Bertz CT molecular complexity index is 1110. The molecule has 3 aromatic rings. The van der Waals surface area contributed by atoms with E-state index in [2.05, 4.69) is 16.0 Å². The molecule has 0 amide bonds. The Labute approximate surface area is 162 Å². The molecule has 0 spiro atoms. The number of hydrogen-bond acceptors (Lipinski definition) is 7. The van der Waals surface area contributed by atoms with Gasteiger partial charge in [-0.3, -0.25) is 14.9 Å². The van der Waals surface area contributed by atoms with Crippen molar-refractivity contribution < 1.29 is 9.52 Å². The molecule has 1 aliphatic rings. The van der Waals surface area contributed by atoms with Gasteiger partial charge in [-0.2, -0.15) is 0 Å². The van der Waals surface area contributed by atoms with E-state index in [0.717, 1.165) is 22.6 Å². The largest absolute Gasteiger partial charge is 0.464 e. The monoisotopic (exact) mass is 381 g/mol. The number of aliphatic hydroxyl groups excluding tert-OH is 1. The first-order valence-electron chi connectivity index (χ1n) is 9.37. The van der Waals surface area contributed by atoms with Crippen molar-refractivity contribution >= 4 is 17.1 Å². The molecular formula is C21H23N3O4. The number of anilines is 3. The Balaban J connectivity index is 1.67. The summed E-state index contributed by atoms with van der Waals surface area (Å²) in [6.07, 6.45) is -0.122. The number of benzene rings is 1. The van der Waals surface area contributed by atoms with Gasteiger partial charge in [0.25, 0.3) is 10.9 Å². The number of aliphatic hydroxyl groups is 1. The average Bonchev–Trinajstić information content (AvgIpc) is 3.28. The summed E-state index contributed by atoms with van der Waals surface area (Å²) >= 11 is 0. The Kier molecular flexibility index (Phi) is 4.56. The third-order valence-corrected chi connectivity index (χ3v) is 5.30. The highest BCUT2D eigenvalue weighted by Gasteiger charge is 2.29. The minimum Gasteiger partial charge on any atom is -0.464 e. The van der Waals surface area contributed by atoms with Gasteiger partial charge in [-0.05, 0) is 43.5 Å². The first kappa shape index (κ1) is 18.5. The van der Waals surface area contributed by atoms with Crippen molar-refractivity contribution in [1.82, 2.24) is 5.32 Å². The highest BCUT2D eigenvalue weighted by molar-refractivity contribution is 5.81. The van der Waals surface area contributed by atoms with E-state index in [0.29, 0.717) is 24.2 Å². The molecule has 4 rings (SSSR count). The maximum atomic E-state index is 12.3. The molecular weight excluding hydrogens is 358 g/mol. The molecule has 7 nitrogen and oxygen atoms in total. The number of hydrogen-bond donors (Lipinski definition) is 4. The Morgan fingerprint density at radius 2 is 1.89 bits per heavy atom. The summed E-state index contributed by atoms with van der Waals surface area (Å²) < 4.78 is 5.67. The molecule has 146 valence electrons. The Morgan fingerprint density at radius 1 is 1.14 bits per heavy atom. The highest BCUT2D eigenvalue weighted by Crippen LogP contribution is 2.36. The topological polar surface area (TPSA) is 104 Å². The predicted octanol–water partition coefficient (Wildman–Crippen LogP) is 2.89. The van der Waals surface area contributed by atoms with Gasteiger partial charge in [0.15, 0.2) is 0 Å². The molecule has 0 saturated heterocycles. The van der Waals surface area contributed by atoms with Gasteiger partial charge in [0.1, 0.15) is 29.1 Å². The zero-order valence-electron chi connectivity index (χ0n) is 16.1. The number of fused-ring (bicyclic) bond motifs is 1. The second kappa shape index (κ2) is 6.92. The lowest BCUT2D eigenvalue weighted by molar-refractivity contribution is 0.152. The van der Waals surface area contributed by atoms with Crippen LogP contribution < -0.4 is 26.8 Å². The average molecular weight is 381 g/mol. The van der Waals surface area contributed by atoms with E-state index >= 15 is 0 Å². The zero-order valence-corrected chi connectivity index (χ0v) is 16.1. The third kappa shape index (κ3) is 2.93. The molecule has 7 heteroatoms. The van der Waals surface area contributed by atoms with Crippen LogP contribution in [0.1, 0.15) is 53.8 Å². The second-order valence-corrected chi connectivity index (χ2v) is 7.20. The molecule has 0 saturated carbocycles. The van der Waals surface area contributed by atoms with E-state index in [9.17, 15) is 14.7 Å². The van der Waals surface area contributed by atoms with E-state index in [1.54, 1.807) is 0 Å². The van der Waals surface area contributed by atoms with Crippen molar-refractivity contribution in [3.05, 3.63) is 72.9 Å². The van der Waals surface area contributed by atoms with Gasteiger partial charge in [-0.15, -0.1) is 0 Å². The maximum Gasteiger partial charge on any atom is 0.253 e. The van der Waals surface area contributed by atoms with E-state index in [4.69, 9.17) is 4.42 Å². The fraction of sp³-hybridized carbons (Fsp3) is 0.333. The fourth-order valence-electron chi connectivity index (χ4n) is 3.68. The number of aryl methyl sites for hydroxylation is 2. The molecule has 1 aliphatic heterocycles. The molecule has 0 aliphatic carbocycles. The van der Waals surface area contributed by atoms with E-state index in [-0.39, 0.29) is 17.4 Å². The summed E-state index contributed by atoms with van der Waals surface area (Å²) in [5.41, 5.74) is 2.59. The quantitative estimate of drug-likeness (QED) is 0.487. The Hall–Kier alpha value is -2.90. The predicted molar refractivity (Wildman–Crippen MR) is 108 cm³/mol. The van der Waals surface area contributed by atoms with Gasteiger partial charge in [0.2, 0.25) is 0 Å². The normalized spacial score (nSPS) is 16.9. The second-order valence-electron chi connectivity index (χ2n) is 7.20. The lowest BCUT2D eigenvalue weighted by Gasteiger charge is -2.22. The van der Waals surface area contributed by atoms with Crippen LogP contribution in [-0.4, -0.2) is 5.11 Å². The zero-order chi connectivity index (χ0) is 20.0. The van der Waals surface area contributed by atoms with Gasteiger partial charge in [0, 0.05) is 17.8 Å². The van der Waals surface area contributed by atoms with Crippen LogP contribution in [-0.2, 0) is 6.54 Å². The van der Waals surface area contributed by atoms with Crippen LogP contribution in [0.15, 0.2) is 38.3 Å². The van der Waals surface area contributed by atoms with Crippen LogP contribution in [0.3, 0.4) is 0 Å². The van der Waals surface area contributed by atoms with Gasteiger partial charge in [0.05, 0.1) is 6.04 Å². The maximum absolute atomic E-state index is 12.3. The number of nitrogens with one attached hydrogen (secondary N) is 3. The number of rotatable bonds is 6. The van der Waals surface area contributed by atoms with E-state index in [1.165, 1.54) is 0 Å². The summed E-state index contributed by atoms with van der Waals surface area (Å²) in [6.45, 7) is 6.29. The summed E-state index contributed by atoms with van der Waals surface area (Å²) in [6, 6.07) is 7.40. The molecule has 28 heavy (non-hydrogen) atoms. The van der Waals surface area contributed by atoms with Crippen molar-refractivity contribution in [3.8, 4) is 0 Å². The molecule has 1 unspecified atom stereocenters. The van der Waals surface area contributed by atoms with Crippen LogP contribution in [0.5, 0.6) is 0 Å². The molecule has 2 atom stereocenters. The summed E-state index contributed by atoms with van der Waals surface area (Å²) in [5, 5.41) is 19.5. The number of furan rings is 1. The van der Waals surface area contributed by atoms with Gasteiger partial charge in [-0.1, -0.05) is 19.1 Å². The van der Waals surface area contributed by atoms with Gasteiger partial charge < -0.3 is 20.2 Å². The van der Waals surface area contributed by atoms with Crippen molar-refractivity contribution in [1.29, 1.82) is 0 Å². The van der Waals surface area contributed by atoms with E-state index < -0.39 is 17.1 Å².